The van der Waals surface area contributed by atoms with Crippen molar-refractivity contribution in [2.24, 2.45) is 11.7 Å². The SMILES string of the molecule is CN(C)c1cc(NC(=O)C(N)C2CCOCC2)ccn1.Cl.Cl. The molecule has 6 nitrogen and oxygen atoms in total. The molecule has 1 aromatic heterocycles. The molecule has 0 radical (unpaired) electrons. The Hall–Kier alpha value is -1.08. The lowest BCUT2D eigenvalue weighted by atomic mass is 9.92. The summed E-state index contributed by atoms with van der Waals surface area (Å²) >= 11 is 0. The number of aromatic nitrogens is 1. The molecule has 0 saturated carbocycles. The fourth-order valence-corrected chi connectivity index (χ4v) is 2.26. The minimum atomic E-state index is -0.491. The normalized spacial score (nSPS) is 16.0. The van der Waals surface area contributed by atoms with Gasteiger partial charge in [0.1, 0.15) is 5.82 Å². The van der Waals surface area contributed by atoms with Gasteiger partial charge < -0.3 is 20.7 Å². The van der Waals surface area contributed by atoms with Crippen molar-refractivity contribution < 1.29 is 9.53 Å². The van der Waals surface area contributed by atoms with E-state index in [0.29, 0.717) is 13.2 Å². The van der Waals surface area contributed by atoms with Crippen molar-refractivity contribution in [3.05, 3.63) is 18.3 Å². The molecule has 1 unspecified atom stereocenters. The Morgan fingerprint density at radius 2 is 2.05 bits per heavy atom. The second-order valence-electron chi connectivity index (χ2n) is 5.26. The number of ether oxygens (including phenoxy) is 1. The smallest absolute Gasteiger partial charge is 0.241 e. The van der Waals surface area contributed by atoms with Crippen LogP contribution in [-0.4, -0.2) is 44.2 Å². The Morgan fingerprint density at radius 3 is 2.64 bits per heavy atom. The highest BCUT2D eigenvalue weighted by molar-refractivity contribution is 5.95. The number of pyridine rings is 1. The van der Waals surface area contributed by atoms with Gasteiger partial charge in [-0.25, -0.2) is 4.98 Å². The van der Waals surface area contributed by atoms with E-state index in [0.717, 1.165) is 24.3 Å². The van der Waals surface area contributed by atoms with Crippen LogP contribution in [0.5, 0.6) is 0 Å². The number of carbonyl (C=O) groups is 1. The van der Waals surface area contributed by atoms with Crippen LogP contribution in [0.3, 0.4) is 0 Å². The molecule has 1 aliphatic heterocycles. The third-order valence-electron chi connectivity index (χ3n) is 3.55. The molecule has 2 heterocycles. The van der Waals surface area contributed by atoms with Gasteiger partial charge in [-0.3, -0.25) is 4.79 Å². The first kappa shape index (κ1) is 20.9. The molecule has 1 saturated heterocycles. The van der Waals surface area contributed by atoms with Crippen LogP contribution in [0, 0.1) is 5.92 Å². The Balaban J connectivity index is 0.00000220. The van der Waals surface area contributed by atoms with Gasteiger partial charge in [0.25, 0.3) is 0 Å². The maximum Gasteiger partial charge on any atom is 0.241 e. The van der Waals surface area contributed by atoms with Crippen LogP contribution in [0.1, 0.15) is 12.8 Å². The van der Waals surface area contributed by atoms with E-state index in [1.165, 1.54) is 0 Å². The fraction of sp³-hybridized carbons (Fsp3) is 0.571. The summed E-state index contributed by atoms with van der Waals surface area (Å²) < 4.78 is 5.29. The average molecular weight is 351 g/mol. The molecular weight excluding hydrogens is 327 g/mol. The van der Waals surface area contributed by atoms with E-state index in [1.54, 1.807) is 12.3 Å². The van der Waals surface area contributed by atoms with Crippen LogP contribution in [0.15, 0.2) is 18.3 Å². The molecule has 0 aromatic carbocycles. The lowest BCUT2D eigenvalue weighted by Gasteiger charge is -2.26. The molecule has 1 atom stereocenters. The molecule has 1 aliphatic rings. The van der Waals surface area contributed by atoms with E-state index in [4.69, 9.17) is 10.5 Å². The summed E-state index contributed by atoms with van der Waals surface area (Å²) in [5.74, 6) is 0.842. The summed E-state index contributed by atoms with van der Waals surface area (Å²) in [5, 5.41) is 2.86. The first-order valence-electron chi connectivity index (χ1n) is 6.85. The number of amides is 1. The first-order valence-corrected chi connectivity index (χ1v) is 6.85. The summed E-state index contributed by atoms with van der Waals surface area (Å²) in [6.45, 7) is 1.37. The zero-order valence-electron chi connectivity index (χ0n) is 12.8. The van der Waals surface area contributed by atoms with Gasteiger partial charge in [0.2, 0.25) is 5.91 Å². The van der Waals surface area contributed by atoms with Gasteiger partial charge >= 0.3 is 0 Å². The van der Waals surface area contributed by atoms with Gasteiger partial charge in [0, 0.05) is 45.3 Å². The number of rotatable bonds is 4. The standard InChI is InChI=1S/C14H22N4O2.2ClH/c1-18(2)12-9-11(3-6-16-12)17-14(19)13(15)10-4-7-20-8-5-10;;/h3,6,9-10,13H,4-5,7-8,15H2,1-2H3,(H,16,17,19);2*1H. The molecule has 126 valence electrons. The van der Waals surface area contributed by atoms with Crippen molar-refractivity contribution in [2.75, 3.05) is 37.5 Å². The topological polar surface area (TPSA) is 80.5 Å². The molecule has 0 aliphatic carbocycles. The van der Waals surface area contributed by atoms with Crippen molar-refractivity contribution in [3.8, 4) is 0 Å². The second kappa shape index (κ2) is 9.84. The highest BCUT2D eigenvalue weighted by atomic mass is 35.5. The van der Waals surface area contributed by atoms with Crippen molar-refractivity contribution in [1.29, 1.82) is 0 Å². The van der Waals surface area contributed by atoms with Gasteiger partial charge in [-0.05, 0) is 24.8 Å². The van der Waals surface area contributed by atoms with E-state index >= 15 is 0 Å². The molecular formula is C14H24Cl2N4O2. The van der Waals surface area contributed by atoms with Crippen LogP contribution in [0.4, 0.5) is 11.5 Å². The molecule has 1 fully saturated rings. The lowest BCUT2D eigenvalue weighted by molar-refractivity contribution is -0.119. The van der Waals surface area contributed by atoms with Crippen molar-refractivity contribution >= 4 is 42.2 Å². The molecule has 2 rings (SSSR count). The summed E-state index contributed by atoms with van der Waals surface area (Å²) in [6, 6.07) is 3.10. The number of nitrogens with one attached hydrogen (secondary N) is 1. The summed E-state index contributed by atoms with van der Waals surface area (Å²) in [5.41, 5.74) is 6.76. The van der Waals surface area contributed by atoms with Crippen LogP contribution in [0.2, 0.25) is 0 Å². The quantitative estimate of drug-likeness (QED) is 0.863. The number of carbonyl (C=O) groups excluding carboxylic acids is 1. The molecule has 0 spiro atoms. The van der Waals surface area contributed by atoms with Gasteiger partial charge in [-0.2, -0.15) is 0 Å². The van der Waals surface area contributed by atoms with Crippen LogP contribution < -0.4 is 16.0 Å². The van der Waals surface area contributed by atoms with Gasteiger partial charge in [-0.15, -0.1) is 24.8 Å². The van der Waals surface area contributed by atoms with Crippen molar-refractivity contribution in [1.82, 2.24) is 4.98 Å². The number of halogens is 2. The Labute approximate surface area is 143 Å². The Bertz CT molecular complexity index is 468. The minimum Gasteiger partial charge on any atom is -0.381 e. The first-order chi connectivity index (χ1) is 9.58. The Kier molecular flexibility index (Phi) is 9.36. The van der Waals surface area contributed by atoms with E-state index in [-0.39, 0.29) is 36.6 Å². The highest BCUT2D eigenvalue weighted by Gasteiger charge is 2.26. The molecule has 8 heteroatoms. The van der Waals surface area contributed by atoms with Crippen molar-refractivity contribution in [3.63, 3.8) is 0 Å². The largest absolute Gasteiger partial charge is 0.381 e. The predicted molar refractivity (Wildman–Crippen MR) is 93.2 cm³/mol. The van der Waals surface area contributed by atoms with Crippen molar-refractivity contribution in [2.45, 2.75) is 18.9 Å². The number of anilines is 2. The second-order valence-corrected chi connectivity index (χ2v) is 5.26. The lowest BCUT2D eigenvalue weighted by Crippen LogP contribution is -2.44. The number of hydrogen-bond acceptors (Lipinski definition) is 5. The van der Waals surface area contributed by atoms with E-state index in [1.807, 2.05) is 25.1 Å². The number of nitrogens with two attached hydrogens (primary N) is 1. The fourth-order valence-electron chi connectivity index (χ4n) is 2.26. The predicted octanol–water partition coefficient (Wildman–Crippen LogP) is 1.68. The monoisotopic (exact) mass is 350 g/mol. The summed E-state index contributed by atoms with van der Waals surface area (Å²) in [7, 11) is 3.81. The van der Waals surface area contributed by atoms with E-state index in [9.17, 15) is 4.79 Å². The van der Waals surface area contributed by atoms with Crippen LogP contribution in [0.25, 0.3) is 0 Å². The van der Waals surface area contributed by atoms with Crippen LogP contribution >= 0.6 is 24.8 Å². The van der Waals surface area contributed by atoms with Gasteiger partial charge in [0.05, 0.1) is 6.04 Å². The maximum atomic E-state index is 12.2. The minimum absolute atomic E-state index is 0. The third-order valence-corrected chi connectivity index (χ3v) is 3.55. The van der Waals surface area contributed by atoms with Gasteiger partial charge in [0.15, 0.2) is 0 Å². The van der Waals surface area contributed by atoms with E-state index in [2.05, 4.69) is 10.3 Å². The summed E-state index contributed by atoms with van der Waals surface area (Å²) in [6.07, 6.45) is 3.35. The van der Waals surface area contributed by atoms with E-state index < -0.39 is 6.04 Å². The van der Waals surface area contributed by atoms with Crippen LogP contribution in [-0.2, 0) is 9.53 Å². The third kappa shape index (κ3) is 5.61. The summed E-state index contributed by atoms with van der Waals surface area (Å²) in [4.78, 5) is 18.3. The molecule has 22 heavy (non-hydrogen) atoms. The Morgan fingerprint density at radius 1 is 1.41 bits per heavy atom. The zero-order valence-corrected chi connectivity index (χ0v) is 14.5. The highest BCUT2D eigenvalue weighted by Crippen LogP contribution is 2.19. The molecule has 3 N–H and O–H groups in total. The molecule has 1 aromatic rings. The molecule has 0 bridgehead atoms. The number of nitrogens with zero attached hydrogens (tertiary/aromatic N) is 2. The zero-order chi connectivity index (χ0) is 14.5. The average Bonchev–Trinajstić information content (AvgIpc) is 2.47. The van der Waals surface area contributed by atoms with Gasteiger partial charge in [-0.1, -0.05) is 0 Å². The molecule has 1 amide bonds. The maximum absolute atomic E-state index is 12.2. The number of hydrogen-bond donors (Lipinski definition) is 2.